The number of aryl methyl sites for hydroxylation is 2. The minimum Gasteiger partial charge on any atom is -0.491 e. The lowest BCUT2D eigenvalue weighted by molar-refractivity contribution is -0.165. The molecule has 0 bridgehead atoms. The Morgan fingerprint density at radius 3 is 2.84 bits per heavy atom. The monoisotopic (exact) mass is 502 g/mol. The number of nitrogens with one attached hydrogen (secondary N) is 1. The lowest BCUT2D eigenvalue weighted by Gasteiger charge is -2.41. The first-order chi connectivity index (χ1) is 18.1. The van der Waals surface area contributed by atoms with Gasteiger partial charge in [0.2, 0.25) is 5.91 Å². The van der Waals surface area contributed by atoms with Crippen molar-refractivity contribution in [3.05, 3.63) is 72.1 Å². The van der Waals surface area contributed by atoms with Crippen LogP contribution in [0, 0.1) is 0 Å². The first kappa shape index (κ1) is 25.0. The zero-order valence-corrected chi connectivity index (χ0v) is 21.3. The minimum absolute atomic E-state index is 0.0116. The second kappa shape index (κ2) is 11.2. The van der Waals surface area contributed by atoms with E-state index in [0.29, 0.717) is 52.0 Å². The number of fused-ring (bicyclic) bond motifs is 2. The summed E-state index contributed by atoms with van der Waals surface area (Å²) in [4.78, 5) is 33.1. The average molecular weight is 503 g/mol. The van der Waals surface area contributed by atoms with Crippen LogP contribution in [0.1, 0.15) is 31.2 Å². The number of carbonyl (C=O) groups excluding carboxylic acids is 2. The summed E-state index contributed by atoms with van der Waals surface area (Å²) < 4.78 is 14.2. The highest BCUT2D eigenvalue weighted by Crippen LogP contribution is 2.26. The van der Waals surface area contributed by atoms with Gasteiger partial charge in [0.25, 0.3) is 5.91 Å². The molecular weight excluding hydrogens is 468 g/mol. The van der Waals surface area contributed by atoms with Crippen molar-refractivity contribution in [2.24, 2.45) is 0 Å². The second-order valence-corrected chi connectivity index (χ2v) is 9.51. The molecule has 3 aromatic rings. The SMILES string of the molecule is CCn1c(CCC(=O)N2CCOC3(C/C=C/Cc4ccccc4OCCNC3=O)C2)nc2ccccc21. The molecule has 1 spiro atoms. The first-order valence-electron chi connectivity index (χ1n) is 13.1. The Hall–Kier alpha value is -3.65. The van der Waals surface area contributed by atoms with Crippen molar-refractivity contribution in [3.63, 3.8) is 0 Å². The van der Waals surface area contributed by atoms with Crippen molar-refractivity contribution >= 4 is 22.8 Å². The van der Waals surface area contributed by atoms with Gasteiger partial charge in [-0.25, -0.2) is 4.98 Å². The van der Waals surface area contributed by atoms with E-state index in [0.717, 1.165) is 34.7 Å². The molecular formula is C29H34N4O4. The van der Waals surface area contributed by atoms with Crippen molar-refractivity contribution in [1.29, 1.82) is 0 Å². The predicted molar refractivity (Wildman–Crippen MR) is 141 cm³/mol. The molecule has 1 unspecified atom stereocenters. The van der Waals surface area contributed by atoms with E-state index in [9.17, 15) is 9.59 Å². The Labute approximate surface area is 217 Å². The standard InChI is InChI=1S/C29H34N4O4/c1-2-33-24-12-5-4-11-23(24)31-26(33)14-15-27(34)32-18-20-37-29(21-32)16-8-7-10-22-9-3-6-13-25(22)36-19-17-30-28(29)35/h3-9,11-13H,2,10,14-21H2,1H3,(H,30,35)/b8-7+. The molecule has 0 saturated carbocycles. The summed E-state index contributed by atoms with van der Waals surface area (Å²) in [6.45, 7) is 4.63. The smallest absolute Gasteiger partial charge is 0.254 e. The molecule has 1 aromatic heterocycles. The Balaban J connectivity index is 1.28. The summed E-state index contributed by atoms with van der Waals surface area (Å²) in [6.07, 6.45) is 6.01. The van der Waals surface area contributed by atoms with Crippen molar-refractivity contribution < 1.29 is 19.1 Å². The lowest BCUT2D eigenvalue weighted by atomic mass is 9.94. The number of imidazole rings is 1. The molecule has 37 heavy (non-hydrogen) atoms. The molecule has 1 fully saturated rings. The van der Waals surface area contributed by atoms with Gasteiger partial charge < -0.3 is 24.3 Å². The van der Waals surface area contributed by atoms with E-state index >= 15 is 0 Å². The van der Waals surface area contributed by atoms with E-state index in [1.54, 1.807) is 4.90 Å². The number of morpholine rings is 1. The van der Waals surface area contributed by atoms with Crippen LogP contribution in [0.15, 0.2) is 60.7 Å². The third-order valence-corrected chi connectivity index (χ3v) is 7.13. The van der Waals surface area contributed by atoms with Gasteiger partial charge in [-0.1, -0.05) is 42.5 Å². The van der Waals surface area contributed by atoms with E-state index in [2.05, 4.69) is 22.9 Å². The molecule has 8 nitrogen and oxygen atoms in total. The van der Waals surface area contributed by atoms with Gasteiger partial charge in [0.1, 0.15) is 18.2 Å². The van der Waals surface area contributed by atoms with Crippen LogP contribution >= 0.6 is 0 Å². The normalized spacial score (nSPS) is 21.4. The van der Waals surface area contributed by atoms with Crippen LogP contribution in [0.2, 0.25) is 0 Å². The number of rotatable bonds is 4. The number of allylic oxidation sites excluding steroid dienone is 1. The van der Waals surface area contributed by atoms with Crippen molar-refractivity contribution in [2.45, 2.75) is 44.8 Å². The second-order valence-electron chi connectivity index (χ2n) is 9.51. The van der Waals surface area contributed by atoms with Crippen molar-refractivity contribution in [1.82, 2.24) is 19.8 Å². The number of amides is 2. The minimum atomic E-state index is -1.11. The van der Waals surface area contributed by atoms with E-state index in [1.165, 1.54) is 0 Å². The van der Waals surface area contributed by atoms with Gasteiger partial charge in [-0.05, 0) is 37.1 Å². The molecule has 2 aliphatic heterocycles. The molecule has 0 aliphatic carbocycles. The van der Waals surface area contributed by atoms with Gasteiger partial charge in [-0.3, -0.25) is 9.59 Å². The summed E-state index contributed by atoms with van der Waals surface area (Å²) in [5, 5.41) is 2.97. The molecule has 2 amide bonds. The van der Waals surface area contributed by atoms with Gasteiger partial charge >= 0.3 is 0 Å². The van der Waals surface area contributed by atoms with E-state index < -0.39 is 5.60 Å². The maximum absolute atomic E-state index is 13.3. The fourth-order valence-corrected chi connectivity index (χ4v) is 5.18. The number of ether oxygens (including phenoxy) is 2. The highest BCUT2D eigenvalue weighted by atomic mass is 16.5. The summed E-state index contributed by atoms with van der Waals surface area (Å²) in [5.74, 6) is 1.54. The van der Waals surface area contributed by atoms with Gasteiger partial charge in [0, 0.05) is 32.4 Å². The summed E-state index contributed by atoms with van der Waals surface area (Å²) >= 11 is 0. The van der Waals surface area contributed by atoms with E-state index in [1.807, 2.05) is 54.6 Å². The zero-order chi connectivity index (χ0) is 25.7. The molecule has 194 valence electrons. The highest BCUT2D eigenvalue weighted by Gasteiger charge is 2.44. The quantitative estimate of drug-likeness (QED) is 0.554. The van der Waals surface area contributed by atoms with Gasteiger partial charge in [0.15, 0.2) is 5.60 Å². The van der Waals surface area contributed by atoms with Gasteiger partial charge in [0.05, 0.1) is 30.7 Å². The topological polar surface area (TPSA) is 85.7 Å². The predicted octanol–water partition coefficient (Wildman–Crippen LogP) is 3.28. The zero-order valence-electron chi connectivity index (χ0n) is 21.3. The van der Waals surface area contributed by atoms with Crippen LogP contribution < -0.4 is 10.1 Å². The maximum Gasteiger partial charge on any atom is 0.254 e. The number of hydrogen-bond acceptors (Lipinski definition) is 5. The third kappa shape index (κ3) is 5.39. The average Bonchev–Trinajstić information content (AvgIpc) is 3.29. The van der Waals surface area contributed by atoms with Crippen LogP contribution in [0.25, 0.3) is 11.0 Å². The Morgan fingerprint density at radius 2 is 1.95 bits per heavy atom. The van der Waals surface area contributed by atoms with Crippen molar-refractivity contribution in [2.75, 3.05) is 32.8 Å². The molecule has 8 heteroatoms. The molecule has 2 aromatic carbocycles. The van der Waals surface area contributed by atoms with Crippen LogP contribution in [0.3, 0.4) is 0 Å². The van der Waals surface area contributed by atoms with Crippen LogP contribution in [-0.4, -0.2) is 64.7 Å². The van der Waals surface area contributed by atoms with Crippen LogP contribution in [0.4, 0.5) is 0 Å². The molecule has 3 heterocycles. The maximum atomic E-state index is 13.3. The summed E-state index contributed by atoms with van der Waals surface area (Å²) in [6, 6.07) is 16.0. The largest absolute Gasteiger partial charge is 0.491 e. The molecule has 0 radical (unpaired) electrons. The Morgan fingerprint density at radius 1 is 1.11 bits per heavy atom. The molecule has 1 saturated heterocycles. The number of nitrogens with zero attached hydrogens (tertiary/aromatic N) is 3. The summed E-state index contributed by atoms with van der Waals surface area (Å²) in [5.41, 5.74) is 2.01. The number of carbonyl (C=O) groups is 2. The van der Waals surface area contributed by atoms with Crippen LogP contribution in [-0.2, 0) is 33.7 Å². The third-order valence-electron chi connectivity index (χ3n) is 7.13. The van der Waals surface area contributed by atoms with E-state index in [-0.39, 0.29) is 18.4 Å². The van der Waals surface area contributed by atoms with E-state index in [4.69, 9.17) is 14.5 Å². The first-order valence-corrected chi connectivity index (χ1v) is 13.1. The fourth-order valence-electron chi connectivity index (χ4n) is 5.18. The molecule has 1 atom stereocenters. The Kier molecular flexibility index (Phi) is 7.55. The molecule has 5 rings (SSSR count). The molecule has 1 N–H and O–H groups in total. The van der Waals surface area contributed by atoms with Crippen LogP contribution in [0.5, 0.6) is 5.75 Å². The summed E-state index contributed by atoms with van der Waals surface area (Å²) in [7, 11) is 0. The number of para-hydroxylation sites is 3. The molecule has 2 aliphatic rings. The van der Waals surface area contributed by atoms with Gasteiger partial charge in [-0.2, -0.15) is 0 Å². The van der Waals surface area contributed by atoms with Crippen molar-refractivity contribution in [3.8, 4) is 5.75 Å². The fraction of sp³-hybridized carbons (Fsp3) is 0.414. The number of aromatic nitrogens is 2. The van der Waals surface area contributed by atoms with Gasteiger partial charge in [-0.15, -0.1) is 0 Å². The number of hydrogen-bond donors (Lipinski definition) is 1. The number of benzene rings is 2. The highest BCUT2D eigenvalue weighted by molar-refractivity contribution is 5.87. The Bertz CT molecular complexity index is 1300. The lowest BCUT2D eigenvalue weighted by Crippen LogP contribution is -2.61.